The maximum atomic E-state index is 12.3. The van der Waals surface area contributed by atoms with Crippen LogP contribution in [0.2, 0.25) is 0 Å². The minimum Gasteiger partial charge on any atom is -0.398 e. The third-order valence-electron chi connectivity index (χ3n) is 4.07. The van der Waals surface area contributed by atoms with Crippen molar-refractivity contribution >= 4 is 27.5 Å². The van der Waals surface area contributed by atoms with E-state index in [4.69, 9.17) is 5.73 Å². The molecule has 1 unspecified atom stereocenters. The fraction of sp³-hybridized carbons (Fsp3) is 0.533. The molecule has 2 rings (SSSR count). The van der Waals surface area contributed by atoms with E-state index in [9.17, 15) is 4.79 Å². The van der Waals surface area contributed by atoms with E-state index < -0.39 is 0 Å². The zero-order valence-electron chi connectivity index (χ0n) is 11.5. The molecular weight excluding hydrogens is 304 g/mol. The molecule has 4 heteroatoms. The monoisotopic (exact) mass is 324 g/mol. The minimum atomic E-state index is -0.0285. The molecule has 0 saturated heterocycles. The molecule has 0 aromatic heterocycles. The Labute approximate surface area is 123 Å². The first kappa shape index (κ1) is 14.4. The molecule has 104 valence electrons. The highest BCUT2D eigenvalue weighted by atomic mass is 79.9. The Morgan fingerprint density at radius 3 is 2.79 bits per heavy atom. The second kappa shape index (κ2) is 5.53. The molecule has 0 radical (unpaired) electrons. The molecular formula is C15H21BrN2O. The standard InChI is InChI=1S/C15H21BrN2O/c1-15(2)8-4-3-5-13(15)18-14(19)10-6-7-11(16)12(17)9-10/h6-7,9,13H,3-5,8,17H2,1-2H3,(H,18,19). The van der Waals surface area contributed by atoms with Crippen molar-refractivity contribution in [1.82, 2.24) is 5.32 Å². The van der Waals surface area contributed by atoms with Gasteiger partial charge < -0.3 is 11.1 Å². The average Bonchev–Trinajstić information content (AvgIpc) is 2.35. The summed E-state index contributed by atoms with van der Waals surface area (Å²) in [4.78, 5) is 12.3. The van der Waals surface area contributed by atoms with Crippen molar-refractivity contribution in [2.75, 3.05) is 5.73 Å². The summed E-state index contributed by atoms with van der Waals surface area (Å²) in [5, 5.41) is 3.16. The van der Waals surface area contributed by atoms with Crippen molar-refractivity contribution in [2.45, 2.75) is 45.6 Å². The van der Waals surface area contributed by atoms with Crippen LogP contribution >= 0.6 is 15.9 Å². The molecule has 1 amide bonds. The average molecular weight is 325 g/mol. The molecule has 19 heavy (non-hydrogen) atoms. The lowest BCUT2D eigenvalue weighted by Crippen LogP contribution is -2.46. The first-order chi connectivity index (χ1) is 8.90. The summed E-state index contributed by atoms with van der Waals surface area (Å²) in [6.07, 6.45) is 4.67. The first-order valence-electron chi connectivity index (χ1n) is 6.76. The van der Waals surface area contributed by atoms with Crippen LogP contribution in [-0.4, -0.2) is 11.9 Å². The molecule has 3 N–H and O–H groups in total. The van der Waals surface area contributed by atoms with Crippen molar-refractivity contribution in [1.29, 1.82) is 0 Å². The van der Waals surface area contributed by atoms with Gasteiger partial charge in [-0.25, -0.2) is 0 Å². The first-order valence-corrected chi connectivity index (χ1v) is 7.55. The van der Waals surface area contributed by atoms with Gasteiger partial charge in [0.25, 0.3) is 5.91 Å². The largest absolute Gasteiger partial charge is 0.398 e. The summed E-state index contributed by atoms with van der Waals surface area (Å²) >= 11 is 3.34. The van der Waals surface area contributed by atoms with E-state index in [-0.39, 0.29) is 17.4 Å². The Balaban J connectivity index is 2.10. The number of nitrogens with two attached hydrogens (primary N) is 1. The van der Waals surface area contributed by atoms with Gasteiger partial charge in [-0.15, -0.1) is 0 Å². The van der Waals surface area contributed by atoms with E-state index in [0.717, 1.165) is 10.9 Å². The lowest BCUT2D eigenvalue weighted by molar-refractivity contribution is 0.0853. The van der Waals surface area contributed by atoms with Crippen LogP contribution in [0.4, 0.5) is 5.69 Å². The van der Waals surface area contributed by atoms with E-state index in [0.29, 0.717) is 11.3 Å². The number of anilines is 1. The number of hydrogen-bond donors (Lipinski definition) is 2. The van der Waals surface area contributed by atoms with E-state index in [1.165, 1.54) is 19.3 Å². The van der Waals surface area contributed by atoms with E-state index >= 15 is 0 Å². The second-order valence-corrected chi connectivity index (χ2v) is 6.85. The Kier molecular flexibility index (Phi) is 4.19. The Morgan fingerprint density at radius 1 is 1.42 bits per heavy atom. The summed E-state index contributed by atoms with van der Waals surface area (Å²) < 4.78 is 0.821. The number of rotatable bonds is 2. The molecule has 0 aliphatic heterocycles. The van der Waals surface area contributed by atoms with E-state index in [2.05, 4.69) is 35.1 Å². The molecule has 1 saturated carbocycles. The van der Waals surface area contributed by atoms with Crippen molar-refractivity contribution in [3.8, 4) is 0 Å². The summed E-state index contributed by atoms with van der Waals surface area (Å²) in [7, 11) is 0. The van der Waals surface area contributed by atoms with Gasteiger partial charge in [0.15, 0.2) is 0 Å². The Bertz CT molecular complexity index is 485. The summed E-state index contributed by atoms with van der Waals surface area (Å²) in [6.45, 7) is 4.46. The number of amides is 1. The van der Waals surface area contributed by atoms with Crippen LogP contribution < -0.4 is 11.1 Å². The molecule has 1 fully saturated rings. The quantitative estimate of drug-likeness (QED) is 0.814. The zero-order chi connectivity index (χ0) is 14.0. The fourth-order valence-electron chi connectivity index (χ4n) is 2.69. The van der Waals surface area contributed by atoms with Crippen LogP contribution in [0.25, 0.3) is 0 Å². The Morgan fingerprint density at radius 2 is 2.16 bits per heavy atom. The molecule has 1 aliphatic rings. The van der Waals surface area contributed by atoms with Crippen LogP contribution in [0.5, 0.6) is 0 Å². The zero-order valence-corrected chi connectivity index (χ0v) is 13.1. The highest BCUT2D eigenvalue weighted by Gasteiger charge is 2.33. The molecule has 0 spiro atoms. The van der Waals surface area contributed by atoms with Gasteiger partial charge in [-0.05, 0) is 52.4 Å². The van der Waals surface area contributed by atoms with E-state index in [1.54, 1.807) is 12.1 Å². The van der Waals surface area contributed by atoms with Gasteiger partial charge in [-0.1, -0.05) is 26.7 Å². The molecule has 1 aromatic rings. The van der Waals surface area contributed by atoms with Gasteiger partial charge in [-0.3, -0.25) is 4.79 Å². The van der Waals surface area contributed by atoms with Crippen LogP contribution in [0, 0.1) is 5.41 Å². The maximum absolute atomic E-state index is 12.3. The predicted octanol–water partition coefficient (Wildman–Crippen LogP) is 3.73. The molecule has 0 heterocycles. The number of halogens is 1. The third-order valence-corrected chi connectivity index (χ3v) is 4.79. The SMILES string of the molecule is CC1(C)CCCCC1NC(=O)c1ccc(Br)c(N)c1. The molecule has 1 aliphatic carbocycles. The van der Waals surface area contributed by atoms with Gasteiger partial charge in [0.1, 0.15) is 0 Å². The number of carbonyl (C=O) groups is 1. The fourth-order valence-corrected chi connectivity index (χ4v) is 2.93. The van der Waals surface area contributed by atoms with Crippen LogP contribution in [0.15, 0.2) is 22.7 Å². The normalized spacial score (nSPS) is 21.9. The number of hydrogen-bond acceptors (Lipinski definition) is 2. The van der Waals surface area contributed by atoms with Gasteiger partial charge in [0.2, 0.25) is 0 Å². The van der Waals surface area contributed by atoms with Crippen molar-refractivity contribution in [2.24, 2.45) is 5.41 Å². The highest BCUT2D eigenvalue weighted by Crippen LogP contribution is 2.35. The molecule has 1 atom stereocenters. The number of nitrogens with one attached hydrogen (secondary N) is 1. The molecule has 3 nitrogen and oxygen atoms in total. The number of benzene rings is 1. The van der Waals surface area contributed by atoms with Gasteiger partial charge >= 0.3 is 0 Å². The topological polar surface area (TPSA) is 55.1 Å². The van der Waals surface area contributed by atoms with E-state index in [1.807, 2.05) is 6.07 Å². The van der Waals surface area contributed by atoms with Crippen LogP contribution in [0.3, 0.4) is 0 Å². The molecule has 0 bridgehead atoms. The van der Waals surface area contributed by atoms with Gasteiger partial charge in [0, 0.05) is 21.8 Å². The second-order valence-electron chi connectivity index (χ2n) is 6.00. The number of carbonyl (C=O) groups excluding carboxylic acids is 1. The van der Waals surface area contributed by atoms with Gasteiger partial charge in [0.05, 0.1) is 0 Å². The third kappa shape index (κ3) is 3.30. The lowest BCUT2D eigenvalue weighted by Gasteiger charge is -2.39. The smallest absolute Gasteiger partial charge is 0.251 e. The van der Waals surface area contributed by atoms with Crippen LogP contribution in [0.1, 0.15) is 49.9 Å². The Hall–Kier alpha value is -1.03. The summed E-state index contributed by atoms with van der Waals surface area (Å²) in [6, 6.07) is 5.58. The predicted molar refractivity (Wildman–Crippen MR) is 82.1 cm³/mol. The highest BCUT2D eigenvalue weighted by molar-refractivity contribution is 9.10. The number of nitrogen functional groups attached to an aromatic ring is 1. The lowest BCUT2D eigenvalue weighted by atomic mass is 9.73. The summed E-state index contributed by atoms with van der Waals surface area (Å²) in [5.41, 5.74) is 7.21. The summed E-state index contributed by atoms with van der Waals surface area (Å²) in [5.74, 6) is -0.0285. The van der Waals surface area contributed by atoms with Crippen molar-refractivity contribution in [3.63, 3.8) is 0 Å². The van der Waals surface area contributed by atoms with Crippen LogP contribution in [-0.2, 0) is 0 Å². The van der Waals surface area contributed by atoms with Crippen molar-refractivity contribution in [3.05, 3.63) is 28.2 Å². The van der Waals surface area contributed by atoms with Crippen molar-refractivity contribution < 1.29 is 4.79 Å². The molecule has 1 aromatic carbocycles. The minimum absolute atomic E-state index is 0.0285. The maximum Gasteiger partial charge on any atom is 0.251 e. The van der Waals surface area contributed by atoms with Gasteiger partial charge in [-0.2, -0.15) is 0 Å².